The number of halogens is 1. The molecule has 11 heteroatoms. The fourth-order valence-corrected chi connectivity index (χ4v) is 4.70. The van der Waals surface area contributed by atoms with Gasteiger partial charge in [-0.15, -0.1) is 0 Å². The number of imide groups is 1. The molecule has 0 spiro atoms. The minimum absolute atomic E-state index is 0.0406. The van der Waals surface area contributed by atoms with Crippen LogP contribution in [0.1, 0.15) is 12.8 Å². The van der Waals surface area contributed by atoms with Crippen molar-refractivity contribution in [3.63, 3.8) is 0 Å². The first kappa shape index (κ1) is 20.2. The van der Waals surface area contributed by atoms with Crippen LogP contribution in [0.25, 0.3) is 0 Å². The van der Waals surface area contributed by atoms with Gasteiger partial charge in [-0.3, -0.25) is 14.5 Å². The number of carbonyl (C=O) groups excluding carboxylic acids is 3. The summed E-state index contributed by atoms with van der Waals surface area (Å²) < 4.78 is 45.1. The first-order chi connectivity index (χ1) is 13.3. The summed E-state index contributed by atoms with van der Waals surface area (Å²) in [6.07, 6.45) is 0.399. The van der Waals surface area contributed by atoms with Crippen molar-refractivity contribution in [2.75, 3.05) is 32.8 Å². The van der Waals surface area contributed by atoms with E-state index in [1.807, 2.05) is 0 Å². The smallest absolute Gasteiger partial charge is 0.324 e. The van der Waals surface area contributed by atoms with Gasteiger partial charge in [0, 0.05) is 26.2 Å². The molecule has 0 unspecified atom stereocenters. The van der Waals surface area contributed by atoms with Crippen molar-refractivity contribution in [3.05, 3.63) is 30.1 Å². The number of hydrogen-bond donors (Lipinski definition) is 1. The minimum atomic E-state index is -3.98. The standard InChI is InChI=1S/C17H20FN3O6S/c18-13-3-1-2-4-14(13)28(25,26)20-8-5-12(6-9-20)16(23)27-11-15(22)21-10-7-19-17(21)24/h1-4,12H,5-11H2,(H,19,24). The van der Waals surface area contributed by atoms with Crippen molar-refractivity contribution in [1.29, 1.82) is 0 Å². The second kappa shape index (κ2) is 8.23. The van der Waals surface area contributed by atoms with E-state index in [1.54, 1.807) is 0 Å². The molecule has 2 aliphatic rings. The Labute approximate surface area is 161 Å². The van der Waals surface area contributed by atoms with Gasteiger partial charge in [-0.2, -0.15) is 4.31 Å². The highest BCUT2D eigenvalue weighted by Crippen LogP contribution is 2.25. The second-order valence-electron chi connectivity index (χ2n) is 6.49. The Morgan fingerprint density at radius 3 is 2.46 bits per heavy atom. The molecule has 0 radical (unpaired) electrons. The van der Waals surface area contributed by atoms with E-state index in [0.29, 0.717) is 6.54 Å². The number of amides is 3. The van der Waals surface area contributed by atoms with Crippen molar-refractivity contribution < 1.29 is 31.9 Å². The number of benzene rings is 1. The first-order valence-electron chi connectivity index (χ1n) is 8.80. The quantitative estimate of drug-likeness (QED) is 0.696. The minimum Gasteiger partial charge on any atom is -0.455 e. The van der Waals surface area contributed by atoms with Crippen molar-refractivity contribution in [1.82, 2.24) is 14.5 Å². The van der Waals surface area contributed by atoms with Gasteiger partial charge < -0.3 is 10.1 Å². The number of nitrogens with zero attached hydrogens (tertiary/aromatic N) is 2. The molecule has 0 bridgehead atoms. The van der Waals surface area contributed by atoms with E-state index in [1.165, 1.54) is 18.2 Å². The Morgan fingerprint density at radius 2 is 1.86 bits per heavy atom. The molecule has 0 aromatic heterocycles. The zero-order chi connectivity index (χ0) is 20.3. The third-order valence-corrected chi connectivity index (χ3v) is 6.67. The van der Waals surface area contributed by atoms with Crippen LogP contribution in [-0.4, -0.2) is 68.3 Å². The molecule has 2 aliphatic heterocycles. The molecular formula is C17H20FN3O6S. The highest BCUT2D eigenvalue weighted by Gasteiger charge is 2.34. The molecule has 3 amide bonds. The molecule has 0 saturated carbocycles. The van der Waals surface area contributed by atoms with Crippen molar-refractivity contribution in [2.24, 2.45) is 5.92 Å². The number of esters is 1. The lowest BCUT2D eigenvalue weighted by atomic mass is 9.98. The van der Waals surface area contributed by atoms with Gasteiger partial charge in [0.05, 0.1) is 5.92 Å². The van der Waals surface area contributed by atoms with E-state index in [9.17, 15) is 27.2 Å². The van der Waals surface area contributed by atoms with Crippen LogP contribution in [-0.2, 0) is 24.3 Å². The molecule has 0 aliphatic carbocycles. The molecule has 3 rings (SSSR count). The number of sulfonamides is 1. The molecule has 9 nitrogen and oxygen atoms in total. The molecule has 1 aromatic carbocycles. The van der Waals surface area contributed by atoms with Crippen LogP contribution in [0, 0.1) is 11.7 Å². The van der Waals surface area contributed by atoms with Crippen LogP contribution in [0.15, 0.2) is 29.2 Å². The number of urea groups is 1. The molecule has 152 valence electrons. The summed E-state index contributed by atoms with van der Waals surface area (Å²) in [5, 5.41) is 2.47. The van der Waals surface area contributed by atoms with Crippen molar-refractivity contribution in [3.8, 4) is 0 Å². The second-order valence-corrected chi connectivity index (χ2v) is 8.40. The third-order valence-electron chi connectivity index (χ3n) is 4.74. The highest BCUT2D eigenvalue weighted by atomic mass is 32.2. The Morgan fingerprint density at radius 1 is 1.18 bits per heavy atom. The highest BCUT2D eigenvalue weighted by molar-refractivity contribution is 7.89. The van der Waals surface area contributed by atoms with Crippen LogP contribution < -0.4 is 5.32 Å². The van der Waals surface area contributed by atoms with Gasteiger partial charge in [-0.25, -0.2) is 17.6 Å². The van der Waals surface area contributed by atoms with E-state index in [-0.39, 0.29) is 32.5 Å². The molecule has 2 fully saturated rings. The van der Waals surface area contributed by atoms with E-state index in [2.05, 4.69) is 5.32 Å². The Balaban J connectivity index is 1.52. The topological polar surface area (TPSA) is 113 Å². The van der Waals surface area contributed by atoms with Gasteiger partial charge in [0.1, 0.15) is 10.7 Å². The maximum Gasteiger partial charge on any atom is 0.324 e. The summed E-state index contributed by atoms with van der Waals surface area (Å²) in [5.74, 6) is -2.61. The zero-order valence-corrected chi connectivity index (χ0v) is 15.8. The number of ether oxygens (including phenoxy) is 1. The lowest BCUT2D eigenvalue weighted by Crippen LogP contribution is -2.42. The van der Waals surface area contributed by atoms with Crippen LogP contribution in [0.5, 0.6) is 0 Å². The van der Waals surface area contributed by atoms with Crippen LogP contribution in [0.4, 0.5) is 9.18 Å². The molecule has 0 atom stereocenters. The summed E-state index contributed by atoms with van der Waals surface area (Å²) >= 11 is 0. The predicted octanol–water partition coefficient (Wildman–Crippen LogP) is 0.321. The van der Waals surface area contributed by atoms with Gasteiger partial charge in [-0.1, -0.05) is 12.1 Å². The maximum atomic E-state index is 13.8. The van der Waals surface area contributed by atoms with Gasteiger partial charge >= 0.3 is 12.0 Å². The predicted molar refractivity (Wildman–Crippen MR) is 94.0 cm³/mol. The van der Waals surface area contributed by atoms with E-state index < -0.39 is 51.2 Å². The molecule has 28 heavy (non-hydrogen) atoms. The molecule has 1 aromatic rings. The fourth-order valence-electron chi connectivity index (χ4n) is 3.16. The summed E-state index contributed by atoms with van der Waals surface area (Å²) in [6, 6.07) is 4.61. The van der Waals surface area contributed by atoms with Crippen molar-refractivity contribution in [2.45, 2.75) is 17.7 Å². The monoisotopic (exact) mass is 413 g/mol. The van der Waals surface area contributed by atoms with Gasteiger partial charge in [0.2, 0.25) is 10.0 Å². The van der Waals surface area contributed by atoms with Crippen LogP contribution in [0.3, 0.4) is 0 Å². The number of nitrogens with one attached hydrogen (secondary N) is 1. The Bertz CT molecular complexity index is 883. The summed E-state index contributed by atoms with van der Waals surface area (Å²) in [6.45, 7) is 0.118. The largest absolute Gasteiger partial charge is 0.455 e. The molecule has 1 N–H and O–H groups in total. The molecule has 2 saturated heterocycles. The van der Waals surface area contributed by atoms with E-state index >= 15 is 0 Å². The number of hydrogen-bond acceptors (Lipinski definition) is 6. The fraction of sp³-hybridized carbons (Fsp3) is 0.471. The van der Waals surface area contributed by atoms with Gasteiger partial charge in [-0.05, 0) is 25.0 Å². The molecular weight excluding hydrogens is 393 g/mol. The average Bonchev–Trinajstić information content (AvgIpc) is 3.12. The lowest BCUT2D eigenvalue weighted by Gasteiger charge is -2.30. The average molecular weight is 413 g/mol. The Kier molecular flexibility index (Phi) is 5.94. The van der Waals surface area contributed by atoms with Gasteiger partial charge in [0.15, 0.2) is 6.61 Å². The number of rotatable bonds is 5. The van der Waals surface area contributed by atoms with Gasteiger partial charge in [0.25, 0.3) is 5.91 Å². The van der Waals surface area contributed by atoms with E-state index in [0.717, 1.165) is 15.3 Å². The number of carbonyl (C=O) groups is 3. The van der Waals surface area contributed by atoms with E-state index in [4.69, 9.17) is 4.74 Å². The summed E-state index contributed by atoms with van der Waals surface area (Å²) in [7, 11) is -3.98. The van der Waals surface area contributed by atoms with Crippen molar-refractivity contribution >= 4 is 27.9 Å². The third kappa shape index (κ3) is 4.14. The lowest BCUT2D eigenvalue weighted by molar-refractivity contribution is -0.155. The zero-order valence-electron chi connectivity index (χ0n) is 15.0. The SMILES string of the molecule is O=C(OCC(=O)N1CCNC1=O)C1CCN(S(=O)(=O)c2ccccc2F)CC1. The Hall–Kier alpha value is -2.53. The summed E-state index contributed by atoms with van der Waals surface area (Å²) in [5.41, 5.74) is 0. The summed E-state index contributed by atoms with van der Waals surface area (Å²) in [4.78, 5) is 36.0. The maximum absolute atomic E-state index is 13.8. The molecule has 2 heterocycles. The van der Waals surface area contributed by atoms with Crippen LogP contribution in [0.2, 0.25) is 0 Å². The normalized spacial score (nSPS) is 18.8. The first-order valence-corrected chi connectivity index (χ1v) is 10.2. The number of piperidine rings is 1. The van der Waals surface area contributed by atoms with Crippen LogP contribution >= 0.6 is 0 Å².